The Labute approximate surface area is 89.5 Å². The molecule has 3 nitrogen and oxygen atoms in total. The van der Waals surface area contributed by atoms with E-state index in [0.29, 0.717) is 6.04 Å². The van der Waals surface area contributed by atoms with Crippen LogP contribution in [0.2, 0.25) is 0 Å². The molecule has 0 amide bonds. The summed E-state index contributed by atoms with van der Waals surface area (Å²) in [5.41, 5.74) is 0. The van der Waals surface area contributed by atoms with Gasteiger partial charge in [-0.05, 0) is 13.3 Å². The highest BCUT2D eigenvalue weighted by atomic mass is 32.1. The molecule has 1 aromatic heterocycles. The van der Waals surface area contributed by atoms with Gasteiger partial charge in [0.15, 0.2) is 0 Å². The highest BCUT2D eigenvalue weighted by Crippen LogP contribution is 2.12. The van der Waals surface area contributed by atoms with Crippen molar-refractivity contribution in [1.82, 2.24) is 10.3 Å². The van der Waals surface area contributed by atoms with E-state index < -0.39 is 0 Å². The van der Waals surface area contributed by atoms with Crippen LogP contribution in [0.25, 0.3) is 0 Å². The van der Waals surface area contributed by atoms with Gasteiger partial charge < -0.3 is 10.1 Å². The number of nitrogens with one attached hydrogen (secondary N) is 1. The number of methoxy groups -OCH3 is 1. The molecule has 0 aromatic carbocycles. The number of aryl methyl sites for hydroxylation is 1. The number of nitrogens with zero attached hydrogens (tertiary/aromatic N) is 1. The molecule has 1 atom stereocenters. The standard InChI is InChI=1S/C10H18N2OS/c1-4-10-12-6-9(14-10)5-11-8(2)7-13-3/h6,8,11H,4-5,7H2,1-3H3. The first-order chi connectivity index (χ1) is 6.76. The summed E-state index contributed by atoms with van der Waals surface area (Å²) >= 11 is 1.78. The third kappa shape index (κ3) is 3.74. The van der Waals surface area contributed by atoms with Crippen LogP contribution in [0.3, 0.4) is 0 Å². The van der Waals surface area contributed by atoms with Crippen molar-refractivity contribution in [3.8, 4) is 0 Å². The lowest BCUT2D eigenvalue weighted by Gasteiger charge is -2.10. The van der Waals surface area contributed by atoms with Crippen molar-refractivity contribution >= 4 is 11.3 Å². The van der Waals surface area contributed by atoms with Crippen LogP contribution in [0.1, 0.15) is 23.7 Å². The minimum atomic E-state index is 0.396. The first kappa shape index (κ1) is 11.6. The summed E-state index contributed by atoms with van der Waals surface area (Å²) in [5, 5.41) is 4.59. The third-order valence-corrected chi connectivity index (χ3v) is 3.09. The Bertz CT molecular complexity index is 262. The molecule has 1 N–H and O–H groups in total. The second-order valence-corrected chi connectivity index (χ2v) is 4.51. The number of hydrogen-bond acceptors (Lipinski definition) is 4. The van der Waals surface area contributed by atoms with Gasteiger partial charge in [-0.1, -0.05) is 6.92 Å². The molecule has 1 rings (SSSR count). The van der Waals surface area contributed by atoms with E-state index in [0.717, 1.165) is 19.6 Å². The molecule has 0 saturated heterocycles. The molecular formula is C10H18N2OS. The number of thiazole rings is 1. The summed E-state index contributed by atoms with van der Waals surface area (Å²) in [7, 11) is 1.72. The number of aromatic nitrogens is 1. The fourth-order valence-corrected chi connectivity index (χ4v) is 1.99. The first-order valence-corrected chi connectivity index (χ1v) is 5.73. The van der Waals surface area contributed by atoms with Crippen LogP contribution < -0.4 is 5.32 Å². The summed E-state index contributed by atoms with van der Waals surface area (Å²) in [6.07, 6.45) is 2.98. The molecule has 4 heteroatoms. The average Bonchev–Trinajstić information content (AvgIpc) is 2.63. The Morgan fingerprint density at radius 3 is 3.00 bits per heavy atom. The molecule has 14 heavy (non-hydrogen) atoms. The molecule has 80 valence electrons. The van der Waals surface area contributed by atoms with Crippen LogP contribution in [0, 0.1) is 0 Å². The molecule has 1 unspecified atom stereocenters. The lowest BCUT2D eigenvalue weighted by atomic mass is 10.3. The summed E-state index contributed by atoms with van der Waals surface area (Å²) in [4.78, 5) is 5.60. The molecule has 0 saturated carbocycles. The van der Waals surface area contributed by atoms with Crippen LogP contribution in [0.15, 0.2) is 6.20 Å². The quantitative estimate of drug-likeness (QED) is 0.784. The molecule has 0 aliphatic carbocycles. The summed E-state index contributed by atoms with van der Waals surface area (Å²) in [5.74, 6) is 0. The zero-order chi connectivity index (χ0) is 10.4. The topological polar surface area (TPSA) is 34.2 Å². The Morgan fingerprint density at radius 2 is 2.43 bits per heavy atom. The van der Waals surface area contributed by atoms with Crippen LogP contribution >= 0.6 is 11.3 Å². The highest BCUT2D eigenvalue weighted by Gasteiger charge is 2.03. The van der Waals surface area contributed by atoms with Gasteiger partial charge in [0, 0.05) is 30.8 Å². The highest BCUT2D eigenvalue weighted by molar-refractivity contribution is 7.11. The van der Waals surface area contributed by atoms with Gasteiger partial charge >= 0.3 is 0 Å². The van der Waals surface area contributed by atoms with Gasteiger partial charge in [-0.2, -0.15) is 0 Å². The SMILES string of the molecule is CCc1ncc(CNC(C)COC)s1. The van der Waals surface area contributed by atoms with Gasteiger partial charge in [-0.3, -0.25) is 0 Å². The second kappa shape index (κ2) is 6.11. The van der Waals surface area contributed by atoms with Crippen LogP contribution in [-0.4, -0.2) is 24.7 Å². The fraction of sp³-hybridized carbons (Fsp3) is 0.700. The van der Waals surface area contributed by atoms with Crippen molar-refractivity contribution in [3.63, 3.8) is 0 Å². The van der Waals surface area contributed by atoms with Crippen LogP contribution in [0.4, 0.5) is 0 Å². The Balaban J connectivity index is 2.30. The van der Waals surface area contributed by atoms with Crippen molar-refractivity contribution in [2.24, 2.45) is 0 Å². The molecule has 0 radical (unpaired) electrons. The maximum Gasteiger partial charge on any atom is 0.0925 e. The Morgan fingerprint density at radius 1 is 1.64 bits per heavy atom. The smallest absolute Gasteiger partial charge is 0.0925 e. The number of hydrogen-bond donors (Lipinski definition) is 1. The van der Waals surface area contributed by atoms with E-state index in [9.17, 15) is 0 Å². The van der Waals surface area contributed by atoms with Gasteiger partial charge in [0.05, 0.1) is 11.6 Å². The zero-order valence-electron chi connectivity index (χ0n) is 9.04. The average molecular weight is 214 g/mol. The van der Waals surface area contributed by atoms with E-state index >= 15 is 0 Å². The van der Waals surface area contributed by atoms with Crippen LogP contribution in [0.5, 0.6) is 0 Å². The van der Waals surface area contributed by atoms with Crippen molar-refractivity contribution in [1.29, 1.82) is 0 Å². The summed E-state index contributed by atoms with van der Waals surface area (Å²) < 4.78 is 5.04. The first-order valence-electron chi connectivity index (χ1n) is 4.92. The van der Waals surface area contributed by atoms with Crippen molar-refractivity contribution in [2.45, 2.75) is 32.9 Å². The van der Waals surface area contributed by atoms with E-state index in [4.69, 9.17) is 4.74 Å². The van der Waals surface area contributed by atoms with Gasteiger partial charge in [0.1, 0.15) is 0 Å². The molecule has 0 aliphatic heterocycles. The van der Waals surface area contributed by atoms with E-state index in [-0.39, 0.29) is 0 Å². The minimum Gasteiger partial charge on any atom is -0.383 e. The number of rotatable bonds is 6. The monoisotopic (exact) mass is 214 g/mol. The van der Waals surface area contributed by atoms with Crippen molar-refractivity contribution in [3.05, 3.63) is 16.1 Å². The maximum absolute atomic E-state index is 5.04. The maximum atomic E-state index is 5.04. The summed E-state index contributed by atoms with van der Waals surface area (Å²) in [6.45, 7) is 5.89. The molecule has 0 spiro atoms. The van der Waals surface area contributed by atoms with Gasteiger partial charge in [0.25, 0.3) is 0 Å². The predicted molar refractivity (Wildman–Crippen MR) is 59.7 cm³/mol. The molecule has 0 aliphatic rings. The van der Waals surface area contributed by atoms with Gasteiger partial charge in [-0.25, -0.2) is 4.98 Å². The van der Waals surface area contributed by atoms with E-state index in [2.05, 4.69) is 24.1 Å². The lowest BCUT2D eigenvalue weighted by molar-refractivity contribution is 0.172. The van der Waals surface area contributed by atoms with Gasteiger partial charge in [0.2, 0.25) is 0 Å². The van der Waals surface area contributed by atoms with E-state index in [1.54, 1.807) is 18.4 Å². The lowest BCUT2D eigenvalue weighted by Crippen LogP contribution is -2.29. The Hall–Kier alpha value is -0.450. The van der Waals surface area contributed by atoms with Crippen molar-refractivity contribution in [2.75, 3.05) is 13.7 Å². The second-order valence-electron chi connectivity index (χ2n) is 3.31. The normalized spacial score (nSPS) is 13.1. The number of ether oxygens (including phenoxy) is 1. The minimum absolute atomic E-state index is 0.396. The predicted octanol–water partition coefficient (Wildman–Crippen LogP) is 1.83. The third-order valence-electron chi connectivity index (χ3n) is 1.95. The largest absolute Gasteiger partial charge is 0.383 e. The van der Waals surface area contributed by atoms with E-state index in [1.807, 2.05) is 6.20 Å². The zero-order valence-corrected chi connectivity index (χ0v) is 9.86. The molecular weight excluding hydrogens is 196 g/mol. The fourth-order valence-electron chi connectivity index (χ4n) is 1.18. The molecule has 1 aromatic rings. The Kier molecular flexibility index (Phi) is 5.07. The summed E-state index contributed by atoms with van der Waals surface area (Å²) in [6, 6.07) is 0.396. The van der Waals surface area contributed by atoms with E-state index in [1.165, 1.54) is 9.88 Å². The molecule has 0 fully saturated rings. The van der Waals surface area contributed by atoms with Crippen LogP contribution in [-0.2, 0) is 17.7 Å². The molecule has 1 heterocycles. The van der Waals surface area contributed by atoms with Crippen molar-refractivity contribution < 1.29 is 4.74 Å². The van der Waals surface area contributed by atoms with Gasteiger partial charge in [-0.15, -0.1) is 11.3 Å². The molecule has 0 bridgehead atoms.